The maximum Gasteiger partial charge on any atom is 0.200 e. The molecule has 0 saturated carbocycles. The third kappa shape index (κ3) is 4.22. The minimum absolute atomic E-state index is 0.540. The monoisotopic (exact) mass is 348 g/mol. The average molecular weight is 349 g/mol. The average Bonchev–Trinajstić information content (AvgIpc) is 3.19. The Balaban J connectivity index is 1.66. The number of aromatic nitrogens is 3. The number of nitrogens with zero attached hydrogens (tertiary/aromatic N) is 4. The lowest BCUT2D eigenvalue weighted by molar-refractivity contribution is 0.182. The fourth-order valence-electron chi connectivity index (χ4n) is 3.31. The predicted octanol–water partition coefficient (Wildman–Crippen LogP) is 4.16. The van der Waals surface area contributed by atoms with Gasteiger partial charge in [0.2, 0.25) is 0 Å². The third-order valence-corrected chi connectivity index (χ3v) is 5.61. The number of hydrogen-bond acceptors (Lipinski definition) is 5. The normalized spacial score (nSPS) is 19.2. The van der Waals surface area contributed by atoms with Crippen LogP contribution in [0.15, 0.2) is 28.0 Å². The molecule has 2 aromatic rings. The molecule has 3 heterocycles. The van der Waals surface area contributed by atoms with E-state index in [1.165, 1.54) is 32.2 Å². The molecule has 0 aliphatic carbocycles. The quantitative estimate of drug-likeness (QED) is 0.703. The SMILES string of the molecule is CC(C)Cn1c(SCCC2CCCCN2C)nnc1-c1ccco1. The van der Waals surface area contributed by atoms with Crippen LogP contribution < -0.4 is 0 Å². The molecule has 24 heavy (non-hydrogen) atoms. The molecule has 0 aromatic carbocycles. The molecule has 1 fully saturated rings. The summed E-state index contributed by atoms with van der Waals surface area (Å²) in [7, 11) is 2.25. The Labute approximate surface area is 148 Å². The van der Waals surface area contributed by atoms with E-state index in [9.17, 15) is 0 Å². The Morgan fingerprint density at radius 2 is 2.21 bits per heavy atom. The molecule has 3 rings (SSSR count). The van der Waals surface area contributed by atoms with Gasteiger partial charge in [-0.3, -0.25) is 4.57 Å². The summed E-state index contributed by atoms with van der Waals surface area (Å²) < 4.78 is 7.74. The summed E-state index contributed by atoms with van der Waals surface area (Å²) in [4.78, 5) is 2.51. The van der Waals surface area contributed by atoms with Crippen LogP contribution in [0.2, 0.25) is 0 Å². The molecule has 0 amide bonds. The number of hydrogen-bond donors (Lipinski definition) is 0. The van der Waals surface area contributed by atoms with Crippen molar-refractivity contribution in [2.24, 2.45) is 5.92 Å². The highest BCUT2D eigenvalue weighted by Gasteiger charge is 2.20. The van der Waals surface area contributed by atoms with E-state index >= 15 is 0 Å². The lowest BCUT2D eigenvalue weighted by atomic mass is 10.0. The van der Waals surface area contributed by atoms with Gasteiger partial charge in [-0.2, -0.15) is 0 Å². The first kappa shape index (κ1) is 17.5. The Morgan fingerprint density at radius 1 is 1.33 bits per heavy atom. The summed E-state index contributed by atoms with van der Waals surface area (Å²) in [6, 6.07) is 4.57. The van der Waals surface area contributed by atoms with Crippen molar-refractivity contribution < 1.29 is 4.42 Å². The van der Waals surface area contributed by atoms with Gasteiger partial charge in [0, 0.05) is 18.3 Å². The van der Waals surface area contributed by atoms with Crippen molar-refractivity contribution in [1.82, 2.24) is 19.7 Å². The van der Waals surface area contributed by atoms with Gasteiger partial charge >= 0.3 is 0 Å². The van der Waals surface area contributed by atoms with E-state index in [4.69, 9.17) is 4.42 Å². The molecule has 0 radical (unpaired) electrons. The van der Waals surface area contributed by atoms with E-state index in [0.29, 0.717) is 5.92 Å². The fraction of sp³-hybridized carbons (Fsp3) is 0.667. The van der Waals surface area contributed by atoms with Crippen LogP contribution in [0.25, 0.3) is 11.6 Å². The van der Waals surface area contributed by atoms with Crippen molar-refractivity contribution in [3.8, 4) is 11.6 Å². The van der Waals surface area contributed by atoms with Crippen LogP contribution in [0.1, 0.15) is 39.5 Å². The zero-order valence-corrected chi connectivity index (χ0v) is 15.8. The van der Waals surface area contributed by atoms with Gasteiger partial charge in [-0.25, -0.2) is 0 Å². The van der Waals surface area contributed by atoms with Crippen molar-refractivity contribution in [3.63, 3.8) is 0 Å². The van der Waals surface area contributed by atoms with Gasteiger partial charge in [0.15, 0.2) is 16.7 Å². The Kier molecular flexibility index (Phi) is 6.00. The van der Waals surface area contributed by atoms with Crippen LogP contribution in [-0.2, 0) is 6.54 Å². The molecular weight excluding hydrogens is 320 g/mol. The molecule has 1 aliphatic heterocycles. The second-order valence-electron chi connectivity index (χ2n) is 7.06. The van der Waals surface area contributed by atoms with Crippen LogP contribution in [0.3, 0.4) is 0 Å². The summed E-state index contributed by atoms with van der Waals surface area (Å²) >= 11 is 1.82. The van der Waals surface area contributed by atoms with Gasteiger partial charge in [-0.05, 0) is 50.9 Å². The molecule has 132 valence electrons. The van der Waals surface area contributed by atoms with E-state index in [2.05, 4.69) is 40.6 Å². The summed E-state index contributed by atoms with van der Waals surface area (Å²) in [6.45, 7) is 6.59. The van der Waals surface area contributed by atoms with Gasteiger partial charge in [0.25, 0.3) is 0 Å². The molecule has 2 aromatic heterocycles. The minimum atomic E-state index is 0.540. The van der Waals surface area contributed by atoms with Gasteiger partial charge in [0.05, 0.1) is 6.26 Å². The lowest BCUT2D eigenvalue weighted by Gasteiger charge is -2.32. The maximum absolute atomic E-state index is 5.53. The number of thioether (sulfide) groups is 1. The van der Waals surface area contributed by atoms with E-state index in [0.717, 1.165) is 35.1 Å². The fourth-order valence-corrected chi connectivity index (χ4v) is 4.30. The molecule has 6 heteroatoms. The van der Waals surface area contributed by atoms with E-state index in [-0.39, 0.29) is 0 Å². The molecule has 1 saturated heterocycles. The van der Waals surface area contributed by atoms with Crippen molar-refractivity contribution in [2.75, 3.05) is 19.3 Å². The van der Waals surface area contributed by atoms with Crippen LogP contribution in [0.4, 0.5) is 0 Å². The Morgan fingerprint density at radius 3 is 2.92 bits per heavy atom. The summed E-state index contributed by atoms with van der Waals surface area (Å²) in [6.07, 6.45) is 6.94. The topological polar surface area (TPSA) is 47.1 Å². The lowest BCUT2D eigenvalue weighted by Crippen LogP contribution is -2.36. The minimum Gasteiger partial charge on any atom is -0.461 e. The second-order valence-corrected chi connectivity index (χ2v) is 8.12. The van der Waals surface area contributed by atoms with Gasteiger partial charge in [0.1, 0.15) is 0 Å². The number of piperidine rings is 1. The Hall–Kier alpha value is -1.27. The number of rotatable bonds is 7. The van der Waals surface area contributed by atoms with Crippen molar-refractivity contribution in [1.29, 1.82) is 0 Å². The first-order valence-electron chi connectivity index (χ1n) is 8.95. The zero-order chi connectivity index (χ0) is 16.9. The van der Waals surface area contributed by atoms with Gasteiger partial charge in [-0.1, -0.05) is 32.0 Å². The highest BCUT2D eigenvalue weighted by Crippen LogP contribution is 2.27. The first-order valence-corrected chi connectivity index (χ1v) is 9.94. The molecule has 0 bridgehead atoms. The molecule has 1 unspecified atom stereocenters. The molecule has 1 aliphatic rings. The highest BCUT2D eigenvalue weighted by molar-refractivity contribution is 7.99. The summed E-state index contributed by atoms with van der Waals surface area (Å²) in [5.74, 6) is 3.26. The van der Waals surface area contributed by atoms with Crippen LogP contribution in [0, 0.1) is 5.92 Å². The van der Waals surface area contributed by atoms with Crippen LogP contribution >= 0.6 is 11.8 Å². The van der Waals surface area contributed by atoms with Crippen LogP contribution in [-0.4, -0.2) is 45.1 Å². The molecule has 5 nitrogen and oxygen atoms in total. The van der Waals surface area contributed by atoms with Gasteiger partial charge < -0.3 is 9.32 Å². The van der Waals surface area contributed by atoms with E-state index in [1.807, 2.05) is 23.9 Å². The van der Waals surface area contributed by atoms with Crippen molar-refractivity contribution >= 4 is 11.8 Å². The Bertz CT molecular complexity index is 623. The van der Waals surface area contributed by atoms with Crippen molar-refractivity contribution in [3.05, 3.63) is 18.4 Å². The standard InChI is InChI=1S/C18H28N4OS/c1-14(2)13-22-17(16-8-6-11-23-16)19-20-18(22)24-12-9-15-7-4-5-10-21(15)3/h6,8,11,14-15H,4-5,7,9-10,12-13H2,1-3H3. The summed E-state index contributed by atoms with van der Waals surface area (Å²) in [5, 5.41) is 9.82. The molecule has 1 atom stereocenters. The van der Waals surface area contributed by atoms with Crippen molar-refractivity contribution in [2.45, 2.75) is 57.3 Å². The highest BCUT2D eigenvalue weighted by atomic mass is 32.2. The molecule has 0 spiro atoms. The summed E-state index contributed by atoms with van der Waals surface area (Å²) in [5.41, 5.74) is 0. The van der Waals surface area contributed by atoms with E-state index < -0.39 is 0 Å². The number of furan rings is 1. The second kappa shape index (κ2) is 8.21. The van der Waals surface area contributed by atoms with Crippen LogP contribution in [0.5, 0.6) is 0 Å². The molecular formula is C18H28N4OS. The third-order valence-electron chi connectivity index (χ3n) is 4.61. The largest absolute Gasteiger partial charge is 0.461 e. The van der Waals surface area contributed by atoms with Gasteiger partial charge in [-0.15, -0.1) is 10.2 Å². The first-order chi connectivity index (χ1) is 11.6. The number of likely N-dealkylation sites (tertiary alicyclic amines) is 1. The maximum atomic E-state index is 5.53. The smallest absolute Gasteiger partial charge is 0.200 e. The molecule has 0 N–H and O–H groups in total. The van der Waals surface area contributed by atoms with E-state index in [1.54, 1.807) is 6.26 Å². The predicted molar refractivity (Wildman–Crippen MR) is 98.2 cm³/mol. The zero-order valence-electron chi connectivity index (χ0n) is 14.9.